The first-order valence-corrected chi connectivity index (χ1v) is 3.07. The Morgan fingerprint density at radius 2 is 1.90 bits per heavy atom. The van der Waals surface area contributed by atoms with E-state index in [2.05, 4.69) is 0 Å². The molecule has 4 radical (unpaired) electrons. The van der Waals surface area contributed by atoms with Gasteiger partial charge < -0.3 is 0 Å². The van der Waals surface area contributed by atoms with Crippen LogP contribution in [0.2, 0.25) is 6.32 Å². The molecule has 0 aliphatic heterocycles. The number of hydrogen-bond acceptors (Lipinski definition) is 1. The van der Waals surface area contributed by atoms with Gasteiger partial charge in [0.15, 0.2) is 0 Å². The van der Waals surface area contributed by atoms with E-state index in [0.29, 0.717) is 6.42 Å². The molecule has 0 fully saturated rings. The van der Waals surface area contributed by atoms with Gasteiger partial charge >= 0.3 is 0 Å². The Balaban J connectivity index is -0.0000000910. The molecule has 0 aliphatic carbocycles. The quantitative estimate of drug-likeness (QED) is 0.691. The summed E-state index contributed by atoms with van der Waals surface area (Å²) in [4.78, 5) is 0. The summed E-state index contributed by atoms with van der Waals surface area (Å²) in [6.45, 7) is 3.86. The summed E-state index contributed by atoms with van der Waals surface area (Å²) in [7, 11) is 8.42. The van der Waals surface area contributed by atoms with Crippen LogP contribution in [0.1, 0.15) is 20.3 Å². The third-order valence-electron chi connectivity index (χ3n) is 0.530. The van der Waals surface area contributed by atoms with Crippen molar-refractivity contribution in [3.8, 4) is 6.07 Å². The first kappa shape index (κ1) is 16.8. The summed E-state index contributed by atoms with van der Waals surface area (Å²) in [5, 5.41) is 7.62. The van der Waals surface area contributed by atoms with Gasteiger partial charge in [0.1, 0.15) is 0 Å². The molecule has 0 aromatic rings. The van der Waals surface area contributed by atoms with Gasteiger partial charge in [-0.25, -0.2) is 0 Å². The van der Waals surface area contributed by atoms with Crippen LogP contribution in [-0.2, 0) is 21.1 Å². The Hall–Kier alpha value is 0.373. The van der Waals surface area contributed by atoms with Crippen molar-refractivity contribution in [2.24, 2.45) is 0 Å². The average molecular weight is 300 g/mol. The molecular formula is C5H10B3NW. The van der Waals surface area contributed by atoms with Gasteiger partial charge in [-0.15, -0.1) is 0 Å². The van der Waals surface area contributed by atoms with Crippen LogP contribution in [0.5, 0.6) is 0 Å². The standard InChI is InChI=1S/C3H5N.C2H5B3.W/c1-2-3-4;1-2-4-5-3;/h2H2,1H3;2H2,1H3;. The Kier molecular flexibility index (Phi) is 38.2. The van der Waals surface area contributed by atoms with E-state index in [1.807, 2.05) is 27.1 Å². The molecule has 0 atom stereocenters. The summed E-state index contributed by atoms with van der Waals surface area (Å²) in [6.07, 6.45) is 1.66. The van der Waals surface area contributed by atoms with E-state index in [-0.39, 0.29) is 21.1 Å². The topological polar surface area (TPSA) is 23.8 Å². The maximum Gasteiger partial charge on any atom is 0.0618 e. The SMILES string of the molecule is CCC#N.[B][B][B]CC.[W]. The molecule has 0 N–H and O–H groups in total. The molecule has 0 aliphatic rings. The summed E-state index contributed by atoms with van der Waals surface area (Å²) < 4.78 is 0. The summed E-state index contributed by atoms with van der Waals surface area (Å²) >= 11 is 0. The van der Waals surface area contributed by atoms with E-state index in [0.717, 1.165) is 6.32 Å². The van der Waals surface area contributed by atoms with Crippen molar-refractivity contribution in [2.75, 3.05) is 0 Å². The number of hydrogen-bond donors (Lipinski definition) is 0. The molecule has 1 nitrogen and oxygen atoms in total. The van der Waals surface area contributed by atoms with Gasteiger partial charge in [-0.3, -0.25) is 0 Å². The normalized spacial score (nSPS) is 5.30. The van der Waals surface area contributed by atoms with E-state index in [9.17, 15) is 0 Å². The molecule has 50 valence electrons. The molecule has 0 unspecified atom stereocenters. The van der Waals surface area contributed by atoms with Crippen molar-refractivity contribution in [3.63, 3.8) is 0 Å². The molecule has 0 saturated carbocycles. The minimum atomic E-state index is 0. The van der Waals surface area contributed by atoms with Crippen LogP contribution in [0.3, 0.4) is 0 Å². The Morgan fingerprint density at radius 3 is 1.90 bits per heavy atom. The zero-order valence-corrected chi connectivity index (χ0v) is 9.44. The van der Waals surface area contributed by atoms with Gasteiger partial charge in [0.2, 0.25) is 0 Å². The van der Waals surface area contributed by atoms with Crippen LogP contribution in [0.25, 0.3) is 0 Å². The minimum Gasteiger partial charge on any atom is -0.198 e. The van der Waals surface area contributed by atoms with Gasteiger partial charge in [-0.2, -0.15) is 5.26 Å². The molecule has 0 aromatic heterocycles. The predicted molar refractivity (Wildman–Crippen MR) is 43.6 cm³/mol. The molecular weight excluding hydrogens is 290 g/mol. The van der Waals surface area contributed by atoms with Crippen molar-refractivity contribution in [3.05, 3.63) is 0 Å². The predicted octanol–water partition coefficient (Wildman–Crippen LogP) is 0.749. The van der Waals surface area contributed by atoms with Crippen LogP contribution in [0.15, 0.2) is 0 Å². The van der Waals surface area contributed by atoms with Gasteiger partial charge in [-0.05, 0) is 0 Å². The third kappa shape index (κ3) is 40.0. The van der Waals surface area contributed by atoms with E-state index in [1.54, 1.807) is 7.06 Å². The zero-order valence-electron chi connectivity index (χ0n) is 6.50. The summed E-state index contributed by atoms with van der Waals surface area (Å²) in [6, 6.07) is 1.93. The zero-order chi connectivity index (χ0) is 7.54. The molecule has 10 heavy (non-hydrogen) atoms. The molecule has 0 heterocycles. The second-order valence-electron chi connectivity index (χ2n) is 1.35. The van der Waals surface area contributed by atoms with Crippen LogP contribution in [0, 0.1) is 11.3 Å². The number of nitrogens with zero attached hydrogens (tertiary/aromatic N) is 1. The van der Waals surface area contributed by atoms with Crippen molar-refractivity contribution >= 4 is 22.0 Å². The van der Waals surface area contributed by atoms with Crippen LogP contribution in [-0.4, -0.2) is 22.0 Å². The van der Waals surface area contributed by atoms with E-state index in [1.165, 1.54) is 0 Å². The smallest absolute Gasteiger partial charge is 0.0618 e. The molecule has 0 bridgehead atoms. The average Bonchev–Trinajstić information content (AvgIpc) is 1.91. The summed E-state index contributed by atoms with van der Waals surface area (Å²) in [5.41, 5.74) is 0. The fourth-order valence-electron chi connectivity index (χ4n) is 0.136. The summed E-state index contributed by atoms with van der Waals surface area (Å²) in [5.74, 6) is 0. The second-order valence-corrected chi connectivity index (χ2v) is 1.35. The van der Waals surface area contributed by atoms with E-state index in [4.69, 9.17) is 13.0 Å². The largest absolute Gasteiger partial charge is 0.198 e. The Labute approximate surface area is 81.1 Å². The molecule has 5 heteroatoms. The Morgan fingerprint density at radius 1 is 1.50 bits per heavy atom. The maximum atomic E-state index is 7.62. The fourth-order valence-corrected chi connectivity index (χ4v) is 0.136. The van der Waals surface area contributed by atoms with Gasteiger partial charge in [0.25, 0.3) is 0 Å². The molecule has 0 amide bonds. The first-order valence-electron chi connectivity index (χ1n) is 3.07. The number of nitriles is 1. The van der Waals surface area contributed by atoms with Crippen molar-refractivity contribution in [1.82, 2.24) is 0 Å². The van der Waals surface area contributed by atoms with Gasteiger partial charge in [0.05, 0.1) is 13.2 Å². The third-order valence-corrected chi connectivity index (χ3v) is 0.530. The van der Waals surface area contributed by atoms with Crippen molar-refractivity contribution < 1.29 is 21.1 Å². The van der Waals surface area contributed by atoms with Gasteiger partial charge in [0, 0.05) is 42.3 Å². The first-order chi connectivity index (χ1) is 4.33. The van der Waals surface area contributed by atoms with Crippen molar-refractivity contribution in [1.29, 1.82) is 5.26 Å². The molecule has 0 saturated heterocycles. The molecule has 0 rings (SSSR count). The number of rotatable bonds is 2. The maximum absolute atomic E-state index is 7.62. The monoisotopic (exact) mass is 301 g/mol. The van der Waals surface area contributed by atoms with Crippen molar-refractivity contribution in [2.45, 2.75) is 26.6 Å². The van der Waals surface area contributed by atoms with E-state index < -0.39 is 0 Å². The second kappa shape index (κ2) is 22.8. The van der Waals surface area contributed by atoms with Gasteiger partial charge in [-0.1, -0.05) is 20.2 Å². The molecule has 0 spiro atoms. The fraction of sp³-hybridized carbons (Fsp3) is 0.800. The Bertz CT molecular complexity index is 71.8. The minimum absolute atomic E-state index is 0. The van der Waals surface area contributed by atoms with Crippen LogP contribution in [0.4, 0.5) is 0 Å². The van der Waals surface area contributed by atoms with E-state index >= 15 is 0 Å². The van der Waals surface area contributed by atoms with Crippen LogP contribution >= 0.6 is 0 Å². The van der Waals surface area contributed by atoms with Crippen LogP contribution < -0.4 is 0 Å². The molecule has 0 aromatic carbocycles.